The van der Waals surface area contributed by atoms with E-state index in [1.54, 1.807) is 0 Å². The number of nitrogens with zero attached hydrogens (tertiary/aromatic N) is 3. The summed E-state index contributed by atoms with van der Waals surface area (Å²) < 4.78 is 5.73. The average Bonchev–Trinajstić information content (AvgIpc) is 2.41. The molecule has 2 rings (SSSR count). The van der Waals surface area contributed by atoms with E-state index < -0.39 is 0 Å². The number of aryl methyl sites for hydroxylation is 1. The van der Waals surface area contributed by atoms with Crippen molar-refractivity contribution in [2.75, 3.05) is 23.5 Å². The molecule has 106 valence electrons. The van der Waals surface area contributed by atoms with Gasteiger partial charge in [-0.2, -0.15) is 0 Å². The van der Waals surface area contributed by atoms with Crippen LogP contribution in [0.3, 0.4) is 0 Å². The minimum absolute atomic E-state index is 0.215. The van der Waals surface area contributed by atoms with Crippen molar-refractivity contribution in [1.82, 2.24) is 9.97 Å². The van der Waals surface area contributed by atoms with E-state index in [2.05, 4.69) is 34.1 Å². The molecule has 2 atom stereocenters. The predicted molar refractivity (Wildman–Crippen MR) is 76.2 cm³/mol. The van der Waals surface area contributed by atoms with Crippen LogP contribution in [0.2, 0.25) is 0 Å². The molecule has 2 unspecified atom stereocenters. The number of rotatable bonds is 3. The molecule has 3 N–H and O–H groups in total. The fourth-order valence-corrected chi connectivity index (χ4v) is 2.48. The Bertz CT molecular complexity index is 451. The highest BCUT2D eigenvalue weighted by molar-refractivity contribution is 5.59. The third-order valence-electron chi connectivity index (χ3n) is 3.58. The zero-order valence-corrected chi connectivity index (χ0v) is 12.1. The first-order valence-electron chi connectivity index (χ1n) is 6.76. The van der Waals surface area contributed by atoms with Gasteiger partial charge < -0.3 is 15.1 Å². The fourth-order valence-electron chi connectivity index (χ4n) is 2.48. The molecular formula is C13H23N5O. The predicted octanol–water partition coefficient (Wildman–Crippen LogP) is 1.38. The zero-order chi connectivity index (χ0) is 14.0. The number of hydrazine groups is 1. The fraction of sp³-hybridized carbons (Fsp3) is 0.692. The Morgan fingerprint density at radius 2 is 2.16 bits per heavy atom. The third kappa shape index (κ3) is 2.79. The maximum atomic E-state index is 5.73. The van der Waals surface area contributed by atoms with Gasteiger partial charge in [0.2, 0.25) is 0 Å². The summed E-state index contributed by atoms with van der Waals surface area (Å²) in [7, 11) is 0. The molecule has 1 aliphatic rings. The van der Waals surface area contributed by atoms with E-state index in [0.29, 0.717) is 11.9 Å². The van der Waals surface area contributed by atoms with Crippen LogP contribution < -0.4 is 16.2 Å². The molecule has 0 saturated carbocycles. The van der Waals surface area contributed by atoms with Gasteiger partial charge >= 0.3 is 0 Å². The van der Waals surface area contributed by atoms with Gasteiger partial charge in [-0.3, -0.25) is 0 Å². The minimum Gasteiger partial charge on any atom is -0.375 e. The standard InChI is InChI=1S/C13H23N5O/c1-5-11-7-19-8(2)6-18(11)13-9(3)12(17-14)15-10(4)16-13/h8,11H,5-7,14H2,1-4H3,(H,15,16,17). The Labute approximate surface area is 114 Å². The Balaban J connectivity index is 2.40. The molecule has 2 heterocycles. The molecule has 0 amide bonds. The molecule has 0 aromatic carbocycles. The Hall–Kier alpha value is -1.40. The number of aromatic nitrogens is 2. The summed E-state index contributed by atoms with van der Waals surface area (Å²) in [6.45, 7) is 9.73. The summed E-state index contributed by atoms with van der Waals surface area (Å²) in [6.07, 6.45) is 1.24. The smallest absolute Gasteiger partial charge is 0.148 e. The monoisotopic (exact) mass is 265 g/mol. The van der Waals surface area contributed by atoms with Crippen LogP contribution in [0, 0.1) is 13.8 Å². The molecular weight excluding hydrogens is 242 g/mol. The van der Waals surface area contributed by atoms with E-state index >= 15 is 0 Å². The largest absolute Gasteiger partial charge is 0.375 e. The summed E-state index contributed by atoms with van der Waals surface area (Å²) in [6, 6.07) is 0.356. The Kier molecular flexibility index (Phi) is 4.21. The van der Waals surface area contributed by atoms with Gasteiger partial charge in [-0.1, -0.05) is 6.92 Å². The normalized spacial score (nSPS) is 23.5. The number of nitrogens with one attached hydrogen (secondary N) is 1. The van der Waals surface area contributed by atoms with Crippen molar-refractivity contribution >= 4 is 11.6 Å². The van der Waals surface area contributed by atoms with Crippen molar-refractivity contribution in [2.45, 2.75) is 46.3 Å². The summed E-state index contributed by atoms with van der Waals surface area (Å²) >= 11 is 0. The highest BCUT2D eigenvalue weighted by Gasteiger charge is 2.28. The second-order valence-corrected chi connectivity index (χ2v) is 5.07. The van der Waals surface area contributed by atoms with Crippen molar-refractivity contribution in [3.05, 3.63) is 11.4 Å². The number of ether oxygens (including phenoxy) is 1. The molecule has 0 aliphatic carbocycles. The SMILES string of the molecule is CCC1COC(C)CN1c1nc(C)nc(NN)c1C. The quantitative estimate of drug-likeness (QED) is 0.635. The van der Waals surface area contributed by atoms with Gasteiger partial charge in [0.1, 0.15) is 17.5 Å². The third-order valence-corrected chi connectivity index (χ3v) is 3.58. The van der Waals surface area contributed by atoms with Gasteiger partial charge in [-0.15, -0.1) is 0 Å². The van der Waals surface area contributed by atoms with Gasteiger partial charge in [0.05, 0.1) is 18.8 Å². The highest BCUT2D eigenvalue weighted by atomic mass is 16.5. The van der Waals surface area contributed by atoms with Gasteiger partial charge in [0.25, 0.3) is 0 Å². The van der Waals surface area contributed by atoms with Crippen LogP contribution in [0.5, 0.6) is 0 Å². The van der Waals surface area contributed by atoms with Crippen LogP contribution in [0.1, 0.15) is 31.7 Å². The van der Waals surface area contributed by atoms with Crippen molar-refractivity contribution in [3.8, 4) is 0 Å². The number of nitrogens with two attached hydrogens (primary N) is 1. The van der Waals surface area contributed by atoms with E-state index in [0.717, 1.165) is 36.8 Å². The van der Waals surface area contributed by atoms with E-state index in [-0.39, 0.29) is 6.10 Å². The van der Waals surface area contributed by atoms with Gasteiger partial charge in [-0.25, -0.2) is 15.8 Å². The number of anilines is 2. The summed E-state index contributed by atoms with van der Waals surface area (Å²) in [5.41, 5.74) is 3.64. The lowest BCUT2D eigenvalue weighted by Crippen LogP contribution is -2.49. The van der Waals surface area contributed by atoms with Crippen LogP contribution in [0.4, 0.5) is 11.6 Å². The topological polar surface area (TPSA) is 76.3 Å². The van der Waals surface area contributed by atoms with Gasteiger partial charge in [-0.05, 0) is 27.2 Å². The first-order chi connectivity index (χ1) is 9.06. The van der Waals surface area contributed by atoms with Crippen molar-refractivity contribution in [3.63, 3.8) is 0 Å². The summed E-state index contributed by atoms with van der Waals surface area (Å²) in [5.74, 6) is 7.91. The average molecular weight is 265 g/mol. The number of hydrogen-bond acceptors (Lipinski definition) is 6. The lowest BCUT2D eigenvalue weighted by Gasteiger charge is -2.40. The lowest BCUT2D eigenvalue weighted by atomic mass is 10.1. The van der Waals surface area contributed by atoms with Crippen LogP contribution in [-0.4, -0.2) is 35.3 Å². The Morgan fingerprint density at radius 1 is 1.42 bits per heavy atom. The minimum atomic E-state index is 0.215. The van der Waals surface area contributed by atoms with Crippen LogP contribution in [-0.2, 0) is 4.74 Å². The molecule has 1 aromatic rings. The first kappa shape index (κ1) is 14.0. The Morgan fingerprint density at radius 3 is 2.79 bits per heavy atom. The van der Waals surface area contributed by atoms with E-state index in [9.17, 15) is 0 Å². The van der Waals surface area contributed by atoms with Crippen LogP contribution in [0.25, 0.3) is 0 Å². The zero-order valence-electron chi connectivity index (χ0n) is 12.1. The number of hydrogen-bond donors (Lipinski definition) is 2. The molecule has 19 heavy (non-hydrogen) atoms. The van der Waals surface area contributed by atoms with E-state index in [4.69, 9.17) is 10.6 Å². The van der Waals surface area contributed by atoms with Crippen LogP contribution in [0.15, 0.2) is 0 Å². The lowest BCUT2D eigenvalue weighted by molar-refractivity contribution is 0.0295. The van der Waals surface area contributed by atoms with E-state index in [1.807, 2.05) is 13.8 Å². The highest BCUT2D eigenvalue weighted by Crippen LogP contribution is 2.28. The molecule has 0 bridgehead atoms. The van der Waals surface area contributed by atoms with Gasteiger partial charge in [0.15, 0.2) is 0 Å². The van der Waals surface area contributed by atoms with Crippen LogP contribution >= 0.6 is 0 Å². The molecule has 0 spiro atoms. The molecule has 1 saturated heterocycles. The maximum absolute atomic E-state index is 5.73. The molecule has 1 aromatic heterocycles. The van der Waals surface area contributed by atoms with E-state index in [1.165, 1.54) is 0 Å². The van der Waals surface area contributed by atoms with Gasteiger partial charge in [0, 0.05) is 12.1 Å². The number of morpholine rings is 1. The molecule has 0 radical (unpaired) electrons. The molecule has 1 aliphatic heterocycles. The second kappa shape index (κ2) is 5.71. The molecule has 1 fully saturated rings. The molecule has 6 nitrogen and oxygen atoms in total. The maximum Gasteiger partial charge on any atom is 0.148 e. The summed E-state index contributed by atoms with van der Waals surface area (Å²) in [5, 5.41) is 0. The molecule has 6 heteroatoms. The van der Waals surface area contributed by atoms with Crippen molar-refractivity contribution in [2.24, 2.45) is 5.84 Å². The first-order valence-corrected chi connectivity index (χ1v) is 6.76. The van der Waals surface area contributed by atoms with Crippen molar-refractivity contribution < 1.29 is 4.74 Å². The van der Waals surface area contributed by atoms with Crippen molar-refractivity contribution in [1.29, 1.82) is 0 Å². The summed E-state index contributed by atoms with van der Waals surface area (Å²) in [4.78, 5) is 11.2. The second-order valence-electron chi connectivity index (χ2n) is 5.07. The number of nitrogen functional groups attached to an aromatic ring is 1.